The van der Waals surface area contributed by atoms with Crippen molar-refractivity contribution < 1.29 is 0 Å². The van der Waals surface area contributed by atoms with Crippen molar-refractivity contribution >= 4 is 15.9 Å². The third-order valence-electron chi connectivity index (χ3n) is 0.996. The largest absolute Gasteiger partial charge is 0.249 e. The van der Waals surface area contributed by atoms with Crippen LogP contribution in [-0.2, 0) is 0 Å². The molecule has 1 heterocycles. The zero-order valence-electron chi connectivity index (χ0n) is 5.56. The summed E-state index contributed by atoms with van der Waals surface area (Å²) in [6.45, 7) is 1.81. The van der Waals surface area contributed by atoms with Gasteiger partial charge in [-0.05, 0) is 35.0 Å². The Bertz CT molecular complexity index is 283. The molecule has 0 unspecified atom stereocenters. The summed E-state index contributed by atoms with van der Waals surface area (Å²) in [5.74, 6) is 5.74. The molecular weight excluding hydrogens is 190 g/mol. The first-order chi connectivity index (χ1) is 4.83. The molecule has 0 aliphatic carbocycles. The number of aromatic nitrogens is 1. The lowest BCUT2D eigenvalue weighted by molar-refractivity contribution is 1.27. The first-order valence-corrected chi connectivity index (χ1v) is 3.66. The van der Waals surface area contributed by atoms with Crippen molar-refractivity contribution in [3.05, 3.63) is 28.5 Å². The number of hydrogen-bond donors (Lipinski definition) is 0. The van der Waals surface area contributed by atoms with Crippen LogP contribution in [0.3, 0.4) is 0 Å². The minimum atomic E-state index is 0.827. The number of pyridine rings is 1. The average molecular weight is 196 g/mol. The maximum absolute atomic E-state index is 3.97. The smallest absolute Gasteiger partial charge is 0.107 e. The molecule has 0 aromatic carbocycles. The second kappa shape index (κ2) is 3.38. The average Bonchev–Trinajstić information content (AvgIpc) is 1.88. The molecule has 0 aliphatic rings. The van der Waals surface area contributed by atoms with Gasteiger partial charge in [0.2, 0.25) is 0 Å². The molecule has 0 radical (unpaired) electrons. The summed E-state index contributed by atoms with van der Waals surface area (Å²) >= 11 is 3.25. The molecule has 50 valence electrons. The van der Waals surface area contributed by atoms with E-state index in [0.29, 0.717) is 0 Å². The van der Waals surface area contributed by atoms with Crippen molar-refractivity contribution in [2.75, 3.05) is 0 Å². The van der Waals surface area contributed by atoms with E-state index in [1.807, 2.05) is 19.1 Å². The van der Waals surface area contributed by atoms with Gasteiger partial charge in [0.25, 0.3) is 0 Å². The summed E-state index contributed by atoms with van der Waals surface area (Å²) in [6, 6.07) is 3.76. The van der Waals surface area contributed by atoms with Gasteiger partial charge in [0, 0.05) is 11.8 Å². The third kappa shape index (κ3) is 1.85. The Morgan fingerprint density at radius 3 is 3.00 bits per heavy atom. The quantitative estimate of drug-likeness (QED) is 0.458. The Labute approximate surface area is 68.6 Å². The fraction of sp³-hybridized carbons (Fsp3) is 0.125. The Balaban J connectivity index is 3.03. The highest BCUT2D eigenvalue weighted by Crippen LogP contribution is 2.06. The monoisotopic (exact) mass is 195 g/mol. The van der Waals surface area contributed by atoms with Crippen molar-refractivity contribution in [3.63, 3.8) is 0 Å². The van der Waals surface area contributed by atoms with Gasteiger partial charge in [-0.2, -0.15) is 0 Å². The summed E-state index contributed by atoms with van der Waals surface area (Å²) in [5, 5.41) is 0. The van der Waals surface area contributed by atoms with Crippen LogP contribution < -0.4 is 0 Å². The zero-order chi connectivity index (χ0) is 7.40. The van der Waals surface area contributed by atoms with E-state index in [9.17, 15) is 0 Å². The lowest BCUT2D eigenvalue weighted by Gasteiger charge is -1.88. The molecule has 0 aliphatic heterocycles. The second-order valence-electron chi connectivity index (χ2n) is 1.74. The first kappa shape index (κ1) is 7.30. The van der Waals surface area contributed by atoms with Crippen LogP contribution in [0.5, 0.6) is 0 Å². The van der Waals surface area contributed by atoms with Crippen LogP contribution in [0, 0.1) is 11.8 Å². The molecule has 2 heteroatoms. The summed E-state index contributed by atoms with van der Waals surface area (Å²) in [5.41, 5.74) is 0.990. The van der Waals surface area contributed by atoms with Crippen LogP contribution in [0.4, 0.5) is 0 Å². The number of nitrogens with zero attached hydrogens (tertiary/aromatic N) is 1. The van der Waals surface area contributed by atoms with Crippen molar-refractivity contribution in [2.45, 2.75) is 6.92 Å². The predicted molar refractivity (Wildman–Crippen MR) is 44.5 cm³/mol. The Hall–Kier alpha value is -0.810. The third-order valence-corrected chi connectivity index (χ3v) is 1.43. The topological polar surface area (TPSA) is 12.9 Å². The van der Waals surface area contributed by atoms with E-state index in [1.165, 1.54) is 0 Å². The van der Waals surface area contributed by atoms with E-state index in [-0.39, 0.29) is 0 Å². The highest BCUT2D eigenvalue weighted by Gasteiger charge is 1.87. The van der Waals surface area contributed by atoms with Gasteiger partial charge in [-0.3, -0.25) is 0 Å². The minimum Gasteiger partial charge on any atom is -0.249 e. The highest BCUT2D eigenvalue weighted by molar-refractivity contribution is 9.10. The molecule has 1 aromatic heterocycles. The molecule has 0 N–H and O–H groups in total. The molecule has 1 nitrogen and oxygen atoms in total. The van der Waals surface area contributed by atoms with Gasteiger partial charge in [0.15, 0.2) is 0 Å². The van der Waals surface area contributed by atoms with Crippen LogP contribution in [0.25, 0.3) is 0 Å². The SMILES string of the molecule is CC#Cc1ccnc(Br)c1. The van der Waals surface area contributed by atoms with Crippen molar-refractivity contribution in [3.8, 4) is 11.8 Å². The van der Waals surface area contributed by atoms with E-state index in [2.05, 4.69) is 32.8 Å². The van der Waals surface area contributed by atoms with E-state index in [0.717, 1.165) is 10.2 Å². The molecule has 10 heavy (non-hydrogen) atoms. The van der Waals surface area contributed by atoms with Gasteiger partial charge in [0.05, 0.1) is 0 Å². The molecule has 0 amide bonds. The Morgan fingerprint density at radius 1 is 1.60 bits per heavy atom. The fourth-order valence-corrected chi connectivity index (χ4v) is 0.989. The van der Waals surface area contributed by atoms with Crippen LogP contribution in [0.1, 0.15) is 12.5 Å². The van der Waals surface area contributed by atoms with Gasteiger partial charge in [-0.1, -0.05) is 5.92 Å². The maximum Gasteiger partial charge on any atom is 0.107 e. The molecular formula is C8H6BrN. The standard InChI is InChI=1S/C8H6BrN/c1-2-3-7-4-5-10-8(9)6-7/h4-6H,1H3. The van der Waals surface area contributed by atoms with E-state index >= 15 is 0 Å². The lowest BCUT2D eigenvalue weighted by Crippen LogP contribution is -1.76. The Morgan fingerprint density at radius 2 is 2.40 bits per heavy atom. The maximum atomic E-state index is 3.97. The summed E-state index contributed by atoms with van der Waals surface area (Å²) in [4.78, 5) is 3.97. The summed E-state index contributed by atoms with van der Waals surface area (Å²) < 4.78 is 0.827. The number of rotatable bonds is 0. The first-order valence-electron chi connectivity index (χ1n) is 2.87. The molecule has 0 saturated carbocycles. The van der Waals surface area contributed by atoms with Gasteiger partial charge >= 0.3 is 0 Å². The van der Waals surface area contributed by atoms with Gasteiger partial charge in [-0.25, -0.2) is 4.98 Å². The minimum absolute atomic E-state index is 0.827. The molecule has 0 saturated heterocycles. The van der Waals surface area contributed by atoms with Crippen molar-refractivity contribution in [2.24, 2.45) is 0 Å². The molecule has 0 atom stereocenters. The molecule has 0 fully saturated rings. The van der Waals surface area contributed by atoms with Crippen LogP contribution in [0.2, 0.25) is 0 Å². The summed E-state index contributed by atoms with van der Waals surface area (Å²) in [6.07, 6.45) is 1.73. The van der Waals surface area contributed by atoms with E-state index < -0.39 is 0 Å². The van der Waals surface area contributed by atoms with Crippen molar-refractivity contribution in [1.82, 2.24) is 4.98 Å². The zero-order valence-corrected chi connectivity index (χ0v) is 7.14. The van der Waals surface area contributed by atoms with Crippen LogP contribution >= 0.6 is 15.9 Å². The normalized spacial score (nSPS) is 8.20. The van der Waals surface area contributed by atoms with Crippen LogP contribution in [-0.4, -0.2) is 4.98 Å². The van der Waals surface area contributed by atoms with E-state index in [1.54, 1.807) is 6.20 Å². The van der Waals surface area contributed by atoms with E-state index in [4.69, 9.17) is 0 Å². The highest BCUT2D eigenvalue weighted by atomic mass is 79.9. The predicted octanol–water partition coefficient (Wildman–Crippen LogP) is 2.22. The summed E-state index contributed by atoms with van der Waals surface area (Å²) in [7, 11) is 0. The lowest BCUT2D eigenvalue weighted by atomic mass is 10.3. The van der Waals surface area contributed by atoms with Gasteiger partial charge in [-0.15, -0.1) is 5.92 Å². The van der Waals surface area contributed by atoms with Gasteiger partial charge in [0.1, 0.15) is 4.60 Å². The number of halogens is 1. The molecule has 0 spiro atoms. The molecule has 1 rings (SSSR count). The Kier molecular flexibility index (Phi) is 2.47. The fourth-order valence-electron chi connectivity index (χ4n) is 0.625. The second-order valence-corrected chi connectivity index (χ2v) is 2.55. The van der Waals surface area contributed by atoms with Crippen molar-refractivity contribution in [1.29, 1.82) is 0 Å². The number of hydrogen-bond acceptors (Lipinski definition) is 1. The van der Waals surface area contributed by atoms with Gasteiger partial charge < -0.3 is 0 Å². The molecule has 0 bridgehead atoms. The van der Waals surface area contributed by atoms with Crippen LogP contribution in [0.15, 0.2) is 22.9 Å². The molecule has 1 aromatic rings.